The molecule has 2 unspecified atom stereocenters. The number of aromatic amines is 1. The second kappa shape index (κ2) is 8.16. The van der Waals surface area contributed by atoms with Gasteiger partial charge in [-0.15, -0.1) is 5.10 Å². The Labute approximate surface area is 137 Å². The predicted molar refractivity (Wildman–Crippen MR) is 84.4 cm³/mol. The van der Waals surface area contributed by atoms with Crippen LogP contribution in [0.25, 0.3) is 0 Å². The summed E-state index contributed by atoms with van der Waals surface area (Å²) in [5.74, 6) is -0.444. The molecular weight excluding hydrogens is 322 g/mol. The average Bonchev–Trinajstić information content (AvgIpc) is 3.12. The summed E-state index contributed by atoms with van der Waals surface area (Å²) in [4.78, 5) is 35.2. The molecule has 1 aliphatic heterocycles. The fourth-order valence-electron chi connectivity index (χ4n) is 2.18. The first kappa shape index (κ1) is 17.5. The lowest BCUT2D eigenvalue weighted by atomic mass is 10.2. The van der Waals surface area contributed by atoms with Gasteiger partial charge in [0.05, 0.1) is 17.9 Å². The highest BCUT2D eigenvalue weighted by atomic mass is 32.2. The molecule has 10 heteroatoms. The number of carbonyl (C=O) groups excluding carboxylic acids is 2. The topological polar surface area (TPSA) is 118 Å². The minimum Gasteiger partial charge on any atom is -0.376 e. The van der Waals surface area contributed by atoms with Crippen molar-refractivity contribution in [3.05, 3.63) is 10.5 Å². The van der Waals surface area contributed by atoms with E-state index in [0.717, 1.165) is 24.6 Å². The number of nitrogens with one attached hydrogen (secondary N) is 3. The largest absolute Gasteiger partial charge is 0.376 e. The van der Waals surface area contributed by atoms with Crippen molar-refractivity contribution in [2.24, 2.45) is 0 Å². The standard InChI is InChI=1S/C13H21N5O4S/c1-3-14-11(20)15-10(19)8(2)23-13-17-16-12(21)18(13)7-9-5-4-6-22-9/h8-9H,3-7H2,1-2H3,(H,16,21)(H2,14,15,19,20). The van der Waals surface area contributed by atoms with E-state index in [-0.39, 0.29) is 11.8 Å². The van der Waals surface area contributed by atoms with Gasteiger partial charge in [0.2, 0.25) is 5.91 Å². The third kappa shape index (κ3) is 4.83. The molecule has 0 aromatic carbocycles. The average molecular weight is 343 g/mol. The third-order valence-corrected chi connectivity index (χ3v) is 4.45. The molecule has 1 aliphatic rings. The van der Waals surface area contributed by atoms with E-state index in [1.165, 1.54) is 4.57 Å². The fraction of sp³-hybridized carbons (Fsp3) is 0.692. The van der Waals surface area contributed by atoms with Crippen LogP contribution in [-0.4, -0.2) is 51.2 Å². The molecule has 23 heavy (non-hydrogen) atoms. The van der Waals surface area contributed by atoms with Crippen LogP contribution in [0, 0.1) is 0 Å². The zero-order valence-corrected chi connectivity index (χ0v) is 13.9. The Morgan fingerprint density at radius 3 is 3.00 bits per heavy atom. The van der Waals surface area contributed by atoms with Crippen molar-refractivity contribution in [2.75, 3.05) is 13.2 Å². The van der Waals surface area contributed by atoms with E-state index in [2.05, 4.69) is 20.8 Å². The predicted octanol–water partition coefficient (Wildman–Crippen LogP) is 0.0767. The third-order valence-electron chi connectivity index (χ3n) is 3.36. The van der Waals surface area contributed by atoms with Gasteiger partial charge >= 0.3 is 11.7 Å². The Balaban J connectivity index is 1.97. The number of nitrogens with zero attached hydrogens (tertiary/aromatic N) is 2. The van der Waals surface area contributed by atoms with E-state index >= 15 is 0 Å². The van der Waals surface area contributed by atoms with Gasteiger partial charge in [0.1, 0.15) is 0 Å². The minimum atomic E-state index is -0.573. The first-order valence-electron chi connectivity index (χ1n) is 7.53. The summed E-state index contributed by atoms with van der Waals surface area (Å²) >= 11 is 1.12. The minimum absolute atomic E-state index is 0.0101. The van der Waals surface area contributed by atoms with E-state index in [9.17, 15) is 14.4 Å². The van der Waals surface area contributed by atoms with E-state index in [4.69, 9.17) is 4.74 Å². The summed E-state index contributed by atoms with van der Waals surface area (Å²) < 4.78 is 6.99. The molecule has 0 spiro atoms. The number of ether oxygens (including phenoxy) is 1. The Hall–Kier alpha value is -1.81. The molecule has 3 N–H and O–H groups in total. The SMILES string of the molecule is CCNC(=O)NC(=O)C(C)Sc1n[nH]c(=O)n1CC1CCCO1. The Kier molecular flexibility index (Phi) is 6.22. The number of carbonyl (C=O) groups is 2. The first-order valence-corrected chi connectivity index (χ1v) is 8.41. The molecule has 0 saturated carbocycles. The van der Waals surface area contributed by atoms with Gasteiger partial charge < -0.3 is 10.1 Å². The Bertz CT molecular complexity index is 608. The first-order chi connectivity index (χ1) is 11.0. The zero-order valence-electron chi connectivity index (χ0n) is 13.1. The van der Waals surface area contributed by atoms with E-state index in [1.54, 1.807) is 13.8 Å². The summed E-state index contributed by atoms with van der Waals surface area (Å²) in [5, 5.41) is 10.9. The normalized spacial score (nSPS) is 18.6. The summed E-state index contributed by atoms with van der Waals surface area (Å²) in [6.07, 6.45) is 1.86. The molecule has 2 atom stereocenters. The second-order valence-corrected chi connectivity index (χ2v) is 6.47. The van der Waals surface area contributed by atoms with E-state index in [0.29, 0.717) is 24.9 Å². The van der Waals surface area contributed by atoms with Crippen LogP contribution in [0.3, 0.4) is 0 Å². The Morgan fingerprint density at radius 1 is 1.57 bits per heavy atom. The van der Waals surface area contributed by atoms with Crippen LogP contribution in [0.5, 0.6) is 0 Å². The van der Waals surface area contributed by atoms with E-state index < -0.39 is 17.2 Å². The smallest absolute Gasteiger partial charge is 0.344 e. The lowest BCUT2D eigenvalue weighted by Gasteiger charge is -2.13. The van der Waals surface area contributed by atoms with Gasteiger partial charge in [0.25, 0.3) is 0 Å². The number of H-pyrrole nitrogens is 1. The number of hydrogen-bond donors (Lipinski definition) is 3. The highest BCUT2D eigenvalue weighted by Gasteiger charge is 2.23. The molecule has 128 valence electrons. The molecule has 1 aromatic rings. The molecule has 1 aromatic heterocycles. The molecule has 1 fully saturated rings. The van der Waals surface area contributed by atoms with Crippen molar-refractivity contribution in [2.45, 2.75) is 49.7 Å². The molecule has 2 rings (SSSR count). The van der Waals surface area contributed by atoms with Crippen LogP contribution in [-0.2, 0) is 16.1 Å². The van der Waals surface area contributed by atoms with Crippen LogP contribution in [0.4, 0.5) is 4.79 Å². The molecule has 0 radical (unpaired) electrons. The van der Waals surface area contributed by atoms with Crippen LogP contribution < -0.4 is 16.3 Å². The lowest BCUT2D eigenvalue weighted by Crippen LogP contribution is -2.42. The molecule has 9 nitrogen and oxygen atoms in total. The monoisotopic (exact) mass is 343 g/mol. The van der Waals surface area contributed by atoms with Gasteiger partial charge in [-0.3, -0.25) is 14.7 Å². The van der Waals surface area contributed by atoms with Crippen molar-refractivity contribution >= 4 is 23.7 Å². The van der Waals surface area contributed by atoms with Gasteiger partial charge in [-0.05, 0) is 26.7 Å². The number of hydrogen-bond acceptors (Lipinski definition) is 6. The highest BCUT2D eigenvalue weighted by molar-refractivity contribution is 8.00. The van der Waals surface area contributed by atoms with Gasteiger partial charge in [0.15, 0.2) is 5.16 Å². The van der Waals surface area contributed by atoms with Crippen molar-refractivity contribution in [1.29, 1.82) is 0 Å². The van der Waals surface area contributed by atoms with Gasteiger partial charge in [-0.1, -0.05) is 11.8 Å². The summed E-state index contributed by atoms with van der Waals surface area (Å²) in [6, 6.07) is -0.538. The number of thioether (sulfide) groups is 1. The molecule has 0 bridgehead atoms. The maximum Gasteiger partial charge on any atom is 0.344 e. The number of rotatable bonds is 6. The number of imide groups is 1. The van der Waals surface area contributed by atoms with Crippen LogP contribution in [0.15, 0.2) is 9.95 Å². The van der Waals surface area contributed by atoms with Crippen LogP contribution >= 0.6 is 11.8 Å². The quantitative estimate of drug-likeness (QED) is 0.630. The van der Waals surface area contributed by atoms with Crippen LogP contribution in [0.2, 0.25) is 0 Å². The fourth-order valence-corrected chi connectivity index (χ4v) is 3.04. The number of aromatic nitrogens is 3. The Morgan fingerprint density at radius 2 is 2.35 bits per heavy atom. The summed E-state index contributed by atoms with van der Waals surface area (Å²) in [5.41, 5.74) is -0.334. The molecule has 1 saturated heterocycles. The second-order valence-electron chi connectivity index (χ2n) is 5.17. The molecule has 0 aliphatic carbocycles. The van der Waals surface area contributed by atoms with Crippen molar-refractivity contribution < 1.29 is 14.3 Å². The van der Waals surface area contributed by atoms with Crippen molar-refractivity contribution in [1.82, 2.24) is 25.4 Å². The number of amides is 3. The maximum absolute atomic E-state index is 12.0. The van der Waals surface area contributed by atoms with Gasteiger partial charge in [-0.2, -0.15) is 0 Å². The maximum atomic E-state index is 12.0. The van der Waals surface area contributed by atoms with Gasteiger partial charge in [-0.25, -0.2) is 14.7 Å². The zero-order chi connectivity index (χ0) is 16.8. The van der Waals surface area contributed by atoms with Crippen molar-refractivity contribution in [3.8, 4) is 0 Å². The van der Waals surface area contributed by atoms with Crippen molar-refractivity contribution in [3.63, 3.8) is 0 Å². The lowest BCUT2D eigenvalue weighted by molar-refractivity contribution is -0.119. The highest BCUT2D eigenvalue weighted by Crippen LogP contribution is 2.21. The van der Waals surface area contributed by atoms with Crippen LogP contribution in [0.1, 0.15) is 26.7 Å². The van der Waals surface area contributed by atoms with Gasteiger partial charge in [0, 0.05) is 13.2 Å². The summed E-state index contributed by atoms with van der Waals surface area (Å²) in [6.45, 7) is 4.94. The molecule has 2 heterocycles. The van der Waals surface area contributed by atoms with E-state index in [1.807, 2.05) is 0 Å². The number of urea groups is 1. The summed E-state index contributed by atoms with van der Waals surface area (Å²) in [7, 11) is 0. The molecular formula is C13H21N5O4S. The molecule has 3 amide bonds.